The van der Waals surface area contributed by atoms with Crippen molar-refractivity contribution in [1.29, 1.82) is 0 Å². The zero-order valence-corrected chi connectivity index (χ0v) is 17.2. The van der Waals surface area contributed by atoms with Crippen LogP contribution >= 0.6 is 11.6 Å². The van der Waals surface area contributed by atoms with E-state index in [9.17, 15) is 9.59 Å². The second-order valence-electron chi connectivity index (χ2n) is 6.87. The molecule has 28 heavy (non-hydrogen) atoms. The van der Waals surface area contributed by atoms with Crippen molar-refractivity contribution in [2.24, 2.45) is 0 Å². The Balaban J connectivity index is 2.27. The van der Waals surface area contributed by atoms with E-state index in [1.807, 2.05) is 45.0 Å². The van der Waals surface area contributed by atoms with Gasteiger partial charge in [-0.3, -0.25) is 18.6 Å². The number of hydrogen-bond acceptors (Lipinski definition) is 3. The molecule has 0 saturated carbocycles. The maximum Gasteiger partial charge on any atom is 0.295 e. The molecule has 0 unspecified atom stereocenters. The van der Waals surface area contributed by atoms with E-state index in [1.165, 1.54) is 0 Å². The fourth-order valence-electron chi connectivity index (χ4n) is 2.86. The summed E-state index contributed by atoms with van der Waals surface area (Å²) in [6, 6.07) is 7.38. The normalized spacial score (nSPS) is 10.9. The number of nitrogens with zero attached hydrogens (tertiary/aromatic N) is 4. The molecule has 0 bridgehead atoms. The van der Waals surface area contributed by atoms with Crippen molar-refractivity contribution in [2.75, 3.05) is 13.6 Å². The minimum Gasteiger partial charge on any atom is -0.341 e. The van der Waals surface area contributed by atoms with Gasteiger partial charge < -0.3 is 4.90 Å². The summed E-state index contributed by atoms with van der Waals surface area (Å²) in [7, 11) is 1.70. The van der Waals surface area contributed by atoms with Gasteiger partial charge in [0.05, 0.1) is 5.69 Å². The molecule has 0 radical (unpaired) electrons. The van der Waals surface area contributed by atoms with Gasteiger partial charge in [0, 0.05) is 43.1 Å². The van der Waals surface area contributed by atoms with Crippen molar-refractivity contribution in [2.45, 2.75) is 27.3 Å². The molecule has 146 valence electrons. The van der Waals surface area contributed by atoms with Crippen LogP contribution in [0.2, 0.25) is 5.02 Å². The van der Waals surface area contributed by atoms with Gasteiger partial charge in [0.1, 0.15) is 5.69 Å². The Morgan fingerprint density at radius 2 is 1.96 bits per heavy atom. The molecule has 0 aliphatic rings. The van der Waals surface area contributed by atoms with Crippen LogP contribution in [0.4, 0.5) is 0 Å². The lowest BCUT2D eigenvalue weighted by molar-refractivity contribution is 0.0797. The highest BCUT2D eigenvalue weighted by molar-refractivity contribution is 6.33. The van der Waals surface area contributed by atoms with E-state index < -0.39 is 0 Å². The molecule has 1 aromatic carbocycles. The lowest BCUT2D eigenvalue weighted by atomic mass is 10.1. The fourth-order valence-corrected chi connectivity index (χ4v) is 3.10. The number of imidazole rings is 1. The summed E-state index contributed by atoms with van der Waals surface area (Å²) in [5, 5.41) is 0.550. The maximum absolute atomic E-state index is 13.2. The zero-order valence-electron chi connectivity index (χ0n) is 16.4. The Morgan fingerprint density at radius 3 is 2.61 bits per heavy atom. The van der Waals surface area contributed by atoms with Gasteiger partial charge in [0.15, 0.2) is 0 Å². The maximum atomic E-state index is 13.2. The molecule has 3 aromatic rings. The second kappa shape index (κ2) is 8.02. The number of allylic oxidation sites excluding steroid dienone is 2. The van der Waals surface area contributed by atoms with Crippen molar-refractivity contribution in [1.82, 2.24) is 18.9 Å². The van der Waals surface area contributed by atoms with E-state index in [4.69, 9.17) is 11.6 Å². The number of amides is 1. The number of carbonyl (C=O) groups excluding carboxylic acids is 1. The van der Waals surface area contributed by atoms with Crippen LogP contribution in [0.3, 0.4) is 0 Å². The zero-order chi connectivity index (χ0) is 20.4. The minimum atomic E-state index is -0.270. The van der Waals surface area contributed by atoms with E-state index >= 15 is 0 Å². The quantitative estimate of drug-likeness (QED) is 0.613. The highest BCUT2D eigenvalue weighted by Gasteiger charge is 2.19. The van der Waals surface area contributed by atoms with Gasteiger partial charge in [-0.1, -0.05) is 41.4 Å². The summed E-state index contributed by atoms with van der Waals surface area (Å²) >= 11 is 6.40. The van der Waals surface area contributed by atoms with Crippen molar-refractivity contribution in [3.63, 3.8) is 0 Å². The Morgan fingerprint density at radius 1 is 1.25 bits per heavy atom. The second-order valence-corrected chi connectivity index (χ2v) is 7.27. The summed E-state index contributed by atoms with van der Waals surface area (Å²) in [5.74, 6) is -0.222. The first-order valence-electron chi connectivity index (χ1n) is 9.09. The molecule has 0 N–H and O–H groups in total. The molecule has 7 heteroatoms. The largest absolute Gasteiger partial charge is 0.341 e. The van der Waals surface area contributed by atoms with E-state index in [1.54, 1.807) is 39.4 Å². The van der Waals surface area contributed by atoms with Gasteiger partial charge in [-0.25, -0.2) is 4.98 Å². The molecule has 0 saturated heterocycles. The van der Waals surface area contributed by atoms with E-state index in [2.05, 4.69) is 4.98 Å². The van der Waals surface area contributed by atoms with E-state index in [-0.39, 0.29) is 22.8 Å². The molecule has 2 aromatic heterocycles. The van der Waals surface area contributed by atoms with Gasteiger partial charge >= 0.3 is 0 Å². The number of aromatic nitrogens is 3. The molecule has 0 aliphatic carbocycles. The number of carbonyl (C=O) groups is 1. The van der Waals surface area contributed by atoms with Crippen LogP contribution in [-0.2, 0) is 6.54 Å². The fraction of sp³-hybridized carbons (Fsp3) is 0.286. The third-order valence-corrected chi connectivity index (χ3v) is 4.92. The number of rotatable bonds is 5. The molecule has 0 aliphatic heterocycles. The van der Waals surface area contributed by atoms with Crippen molar-refractivity contribution in [3.05, 3.63) is 69.4 Å². The molecule has 3 rings (SSSR count). The molecule has 0 spiro atoms. The third-order valence-electron chi connectivity index (χ3n) is 4.59. The number of benzene rings is 1. The number of halogens is 1. The Labute approximate surface area is 168 Å². The number of hydrogen-bond donors (Lipinski definition) is 0. The van der Waals surface area contributed by atoms with Gasteiger partial charge in [0.2, 0.25) is 5.65 Å². The van der Waals surface area contributed by atoms with Gasteiger partial charge in [0.25, 0.3) is 11.5 Å². The summed E-state index contributed by atoms with van der Waals surface area (Å²) in [6.07, 6.45) is 5.36. The highest BCUT2D eigenvalue weighted by atomic mass is 35.5. The Bertz CT molecular complexity index is 1120. The standard InChI is InChI=1S/C21H23ClN4O2/c1-5-24(4)20(27)17-12-25-13-18(15-8-6-7-9-16(15)22)26(11-10-14(2)3)21(28)19(25)23-17/h6-10,12-13H,5,11H2,1-4H3. The van der Waals surface area contributed by atoms with Gasteiger partial charge in [-0.05, 0) is 26.8 Å². The monoisotopic (exact) mass is 398 g/mol. The molecule has 0 atom stereocenters. The molecule has 6 nitrogen and oxygen atoms in total. The Hall–Kier alpha value is -2.86. The SMILES string of the molecule is CCN(C)C(=O)c1cn2cc(-c3ccccc3Cl)n(CC=C(C)C)c(=O)c2n1. The van der Waals surface area contributed by atoms with Gasteiger partial charge in [-0.15, -0.1) is 0 Å². The predicted octanol–water partition coefficient (Wildman–Crippen LogP) is 3.87. The first-order valence-corrected chi connectivity index (χ1v) is 9.47. The molecule has 1 amide bonds. The summed E-state index contributed by atoms with van der Waals surface area (Å²) in [6.45, 7) is 6.79. The first-order chi connectivity index (χ1) is 13.3. The average Bonchev–Trinajstić information content (AvgIpc) is 3.10. The van der Waals surface area contributed by atoms with Crippen LogP contribution in [0.1, 0.15) is 31.3 Å². The van der Waals surface area contributed by atoms with Crippen LogP contribution in [0.5, 0.6) is 0 Å². The minimum absolute atomic E-state index is 0.214. The van der Waals surface area contributed by atoms with E-state index in [0.717, 1.165) is 11.1 Å². The smallest absolute Gasteiger partial charge is 0.295 e. The average molecular weight is 399 g/mol. The first kappa shape index (κ1) is 19.9. The molecular weight excluding hydrogens is 376 g/mol. The van der Waals surface area contributed by atoms with Crippen LogP contribution in [0, 0.1) is 0 Å². The van der Waals surface area contributed by atoms with Crippen molar-refractivity contribution in [3.8, 4) is 11.3 Å². The van der Waals surface area contributed by atoms with Crippen molar-refractivity contribution >= 4 is 23.2 Å². The van der Waals surface area contributed by atoms with Crippen LogP contribution < -0.4 is 5.56 Å². The van der Waals surface area contributed by atoms with Crippen molar-refractivity contribution < 1.29 is 4.79 Å². The third kappa shape index (κ3) is 3.73. The van der Waals surface area contributed by atoms with Crippen LogP contribution in [0.25, 0.3) is 16.9 Å². The lowest BCUT2D eigenvalue weighted by Gasteiger charge is -2.13. The molecular formula is C21H23ClN4O2. The summed E-state index contributed by atoms with van der Waals surface area (Å²) in [5.41, 5.74) is 2.70. The predicted molar refractivity (Wildman–Crippen MR) is 112 cm³/mol. The van der Waals surface area contributed by atoms with Crippen LogP contribution in [0.15, 0.2) is 53.1 Å². The molecule has 0 fully saturated rings. The van der Waals surface area contributed by atoms with E-state index in [0.29, 0.717) is 23.8 Å². The lowest BCUT2D eigenvalue weighted by Crippen LogP contribution is -2.26. The topological polar surface area (TPSA) is 59.6 Å². The highest BCUT2D eigenvalue weighted by Crippen LogP contribution is 2.27. The molecule has 2 heterocycles. The summed E-state index contributed by atoms with van der Waals surface area (Å²) in [4.78, 5) is 31.5. The number of fused-ring (bicyclic) bond motifs is 1. The summed E-state index contributed by atoms with van der Waals surface area (Å²) < 4.78 is 3.24. The Kier molecular flexibility index (Phi) is 5.70. The van der Waals surface area contributed by atoms with Gasteiger partial charge in [-0.2, -0.15) is 0 Å². The van der Waals surface area contributed by atoms with Crippen LogP contribution in [-0.4, -0.2) is 38.4 Å².